The van der Waals surface area contributed by atoms with Crippen LogP contribution in [-0.4, -0.2) is 23.6 Å². The molecule has 4 nitrogen and oxygen atoms in total. The van der Waals surface area contributed by atoms with Crippen molar-refractivity contribution in [2.24, 2.45) is 5.73 Å². The van der Waals surface area contributed by atoms with Crippen molar-refractivity contribution in [3.8, 4) is 11.1 Å². The molecule has 0 bridgehead atoms. The van der Waals surface area contributed by atoms with Gasteiger partial charge in [-0.1, -0.05) is 12.1 Å². The molecule has 3 N–H and O–H groups in total. The number of carbonyl (C=O) groups is 1. The Morgan fingerprint density at radius 3 is 2.67 bits per heavy atom. The first-order chi connectivity index (χ1) is 10.9. The quantitative estimate of drug-likeness (QED) is 0.884. The molecule has 1 unspecified atom stereocenters. The van der Waals surface area contributed by atoms with Crippen LogP contribution in [0.4, 0.5) is 13.2 Å². The fourth-order valence-corrected chi connectivity index (χ4v) is 2.83. The normalized spacial score (nSPS) is 17.0. The molecule has 8 heteroatoms. The van der Waals surface area contributed by atoms with Gasteiger partial charge in [0.25, 0.3) is 5.91 Å². The zero-order chi connectivity index (χ0) is 16.6. The monoisotopic (exact) mass is 359 g/mol. The summed E-state index contributed by atoms with van der Waals surface area (Å²) in [4.78, 5) is 12.0. The van der Waals surface area contributed by atoms with Gasteiger partial charge in [-0.25, -0.2) is 0 Å². The summed E-state index contributed by atoms with van der Waals surface area (Å²) < 4.78 is 40.4. The van der Waals surface area contributed by atoms with Crippen molar-refractivity contribution in [3.63, 3.8) is 0 Å². The first-order valence-electron chi connectivity index (χ1n) is 7.28. The van der Waals surface area contributed by atoms with Gasteiger partial charge in [0, 0.05) is 18.3 Å². The molecule has 2 aromatic rings. The number of carbonyl (C=O) groups excluding carboxylic acids is 1. The van der Waals surface area contributed by atoms with Gasteiger partial charge in [0.05, 0.1) is 11.6 Å². The van der Waals surface area contributed by atoms with Gasteiger partial charge in [-0.2, -0.15) is 13.2 Å². The standard InChI is InChI=1S/C16H16F3N3O.ClH/c17-16(18,19)12-3-1-2-10(6-12)11-7-14-15(23)21-8-13(4-5-20)22(14)9-11;/h1-3,6-7,9,13H,4-5,8,20H2,(H,21,23);1H. The first kappa shape index (κ1) is 18.4. The number of amides is 1. The molecule has 130 valence electrons. The van der Waals surface area contributed by atoms with Crippen LogP contribution in [0.25, 0.3) is 11.1 Å². The fraction of sp³-hybridized carbons (Fsp3) is 0.312. The Balaban J connectivity index is 0.00000208. The van der Waals surface area contributed by atoms with E-state index in [-0.39, 0.29) is 24.4 Å². The van der Waals surface area contributed by atoms with Gasteiger partial charge in [0.1, 0.15) is 5.69 Å². The molecule has 0 radical (unpaired) electrons. The van der Waals surface area contributed by atoms with Crippen LogP contribution in [0.15, 0.2) is 36.5 Å². The van der Waals surface area contributed by atoms with Crippen molar-refractivity contribution in [2.75, 3.05) is 13.1 Å². The highest BCUT2D eigenvalue weighted by atomic mass is 35.5. The van der Waals surface area contributed by atoms with E-state index in [2.05, 4.69) is 5.32 Å². The molecule has 2 heterocycles. The summed E-state index contributed by atoms with van der Waals surface area (Å²) in [5, 5.41) is 2.78. The maximum Gasteiger partial charge on any atom is 0.416 e. The number of rotatable bonds is 3. The minimum atomic E-state index is -4.39. The predicted molar refractivity (Wildman–Crippen MR) is 87.2 cm³/mol. The molecule has 3 rings (SSSR count). The van der Waals surface area contributed by atoms with Crippen LogP contribution >= 0.6 is 12.4 Å². The van der Waals surface area contributed by atoms with Crippen LogP contribution in [0.5, 0.6) is 0 Å². The number of nitrogens with zero attached hydrogens (tertiary/aromatic N) is 1. The molecule has 1 amide bonds. The molecule has 1 aromatic carbocycles. The fourth-order valence-electron chi connectivity index (χ4n) is 2.83. The van der Waals surface area contributed by atoms with Gasteiger partial charge in [0.15, 0.2) is 0 Å². The van der Waals surface area contributed by atoms with Crippen LogP contribution in [0.1, 0.15) is 28.5 Å². The van der Waals surface area contributed by atoms with Gasteiger partial charge in [0.2, 0.25) is 0 Å². The summed E-state index contributed by atoms with van der Waals surface area (Å²) in [6.45, 7) is 0.941. The molecule has 1 aromatic heterocycles. The van der Waals surface area contributed by atoms with E-state index in [9.17, 15) is 18.0 Å². The van der Waals surface area contributed by atoms with Crippen LogP contribution < -0.4 is 11.1 Å². The van der Waals surface area contributed by atoms with Crippen molar-refractivity contribution >= 4 is 18.3 Å². The van der Waals surface area contributed by atoms with Crippen molar-refractivity contribution in [1.29, 1.82) is 0 Å². The van der Waals surface area contributed by atoms with E-state index in [0.717, 1.165) is 12.1 Å². The second-order valence-electron chi connectivity index (χ2n) is 5.54. The lowest BCUT2D eigenvalue weighted by atomic mass is 10.1. The van der Waals surface area contributed by atoms with Gasteiger partial charge in [-0.3, -0.25) is 4.79 Å². The van der Waals surface area contributed by atoms with E-state index >= 15 is 0 Å². The summed E-state index contributed by atoms with van der Waals surface area (Å²) in [5.41, 5.74) is 6.35. The van der Waals surface area contributed by atoms with Gasteiger partial charge in [-0.15, -0.1) is 12.4 Å². The Kier molecular flexibility index (Phi) is 5.25. The van der Waals surface area contributed by atoms with E-state index < -0.39 is 11.7 Å². The topological polar surface area (TPSA) is 60.0 Å². The Hall–Kier alpha value is -1.99. The molecule has 0 aliphatic carbocycles. The van der Waals surface area contributed by atoms with E-state index in [4.69, 9.17) is 5.73 Å². The van der Waals surface area contributed by atoms with Crippen LogP contribution in [0, 0.1) is 0 Å². The Bertz CT molecular complexity index is 742. The molecule has 1 atom stereocenters. The maximum absolute atomic E-state index is 12.9. The maximum atomic E-state index is 12.9. The van der Waals surface area contributed by atoms with Crippen molar-refractivity contribution < 1.29 is 18.0 Å². The predicted octanol–water partition coefficient (Wildman–Crippen LogP) is 3.23. The number of fused-ring (bicyclic) bond motifs is 1. The summed E-state index contributed by atoms with van der Waals surface area (Å²) >= 11 is 0. The third kappa shape index (κ3) is 3.42. The summed E-state index contributed by atoms with van der Waals surface area (Å²) in [5.74, 6) is -0.225. The van der Waals surface area contributed by atoms with Crippen LogP contribution in [0.2, 0.25) is 0 Å². The highest BCUT2D eigenvalue weighted by Crippen LogP contribution is 2.33. The first-order valence-corrected chi connectivity index (χ1v) is 7.28. The summed E-state index contributed by atoms with van der Waals surface area (Å²) in [6, 6.07) is 6.74. The smallest absolute Gasteiger partial charge is 0.349 e. The van der Waals surface area contributed by atoms with E-state index in [1.807, 2.05) is 0 Å². The second kappa shape index (κ2) is 6.86. The lowest BCUT2D eigenvalue weighted by Crippen LogP contribution is -2.39. The van der Waals surface area contributed by atoms with Crippen molar-refractivity contribution in [1.82, 2.24) is 9.88 Å². The molecule has 0 saturated heterocycles. The number of alkyl halides is 3. The van der Waals surface area contributed by atoms with Crippen molar-refractivity contribution in [3.05, 3.63) is 47.8 Å². The summed E-state index contributed by atoms with van der Waals surface area (Å²) in [6.07, 6.45) is -1.98. The number of benzene rings is 1. The van der Waals surface area contributed by atoms with E-state index in [1.54, 1.807) is 22.9 Å². The number of nitrogens with two attached hydrogens (primary N) is 1. The molecule has 1 aliphatic rings. The highest BCUT2D eigenvalue weighted by Gasteiger charge is 2.31. The van der Waals surface area contributed by atoms with E-state index in [0.29, 0.717) is 36.3 Å². The number of hydrogen-bond acceptors (Lipinski definition) is 2. The number of aromatic nitrogens is 1. The number of nitrogens with one attached hydrogen (secondary N) is 1. The zero-order valence-corrected chi connectivity index (χ0v) is 13.5. The third-order valence-electron chi connectivity index (χ3n) is 4.00. The lowest BCUT2D eigenvalue weighted by Gasteiger charge is -2.25. The molecule has 0 fully saturated rings. The third-order valence-corrected chi connectivity index (χ3v) is 4.00. The van der Waals surface area contributed by atoms with Crippen LogP contribution in [-0.2, 0) is 6.18 Å². The largest absolute Gasteiger partial charge is 0.416 e. The number of halogens is 4. The summed E-state index contributed by atoms with van der Waals surface area (Å²) in [7, 11) is 0. The van der Waals surface area contributed by atoms with Crippen LogP contribution in [0.3, 0.4) is 0 Å². The zero-order valence-electron chi connectivity index (χ0n) is 12.6. The highest BCUT2D eigenvalue weighted by molar-refractivity contribution is 5.95. The Morgan fingerprint density at radius 2 is 2.00 bits per heavy atom. The molecular formula is C16H17ClF3N3O. The average Bonchev–Trinajstić information content (AvgIpc) is 2.96. The minimum Gasteiger partial charge on any atom is -0.349 e. The van der Waals surface area contributed by atoms with Gasteiger partial charge < -0.3 is 15.6 Å². The molecule has 24 heavy (non-hydrogen) atoms. The average molecular weight is 360 g/mol. The molecule has 1 aliphatic heterocycles. The number of hydrogen-bond donors (Lipinski definition) is 2. The van der Waals surface area contributed by atoms with E-state index in [1.165, 1.54) is 6.07 Å². The molecule has 0 saturated carbocycles. The van der Waals surface area contributed by atoms with Gasteiger partial charge in [-0.05, 0) is 36.7 Å². The van der Waals surface area contributed by atoms with Crippen molar-refractivity contribution in [2.45, 2.75) is 18.6 Å². The second-order valence-corrected chi connectivity index (χ2v) is 5.54. The Morgan fingerprint density at radius 1 is 1.25 bits per heavy atom. The molecular weight excluding hydrogens is 343 g/mol. The Labute approximate surface area is 143 Å². The molecule has 0 spiro atoms. The van der Waals surface area contributed by atoms with Gasteiger partial charge >= 0.3 is 6.18 Å². The SMILES string of the molecule is Cl.NCCC1CNC(=O)c2cc(-c3cccc(C(F)(F)F)c3)cn21. The lowest BCUT2D eigenvalue weighted by molar-refractivity contribution is -0.137. The minimum absolute atomic E-state index is 0.